The quantitative estimate of drug-likeness (QED) is 0.788. The Morgan fingerprint density at radius 2 is 2.11 bits per heavy atom. The van der Waals surface area contributed by atoms with Gasteiger partial charge in [0, 0.05) is 24.4 Å². The normalized spacial score (nSPS) is 9.32. The second kappa shape index (κ2) is 10.9. The molecule has 0 saturated carbocycles. The minimum Gasteiger partial charge on any atom is -0.488 e. The lowest BCUT2D eigenvalue weighted by Gasteiger charge is -2.09. The van der Waals surface area contributed by atoms with Crippen LogP contribution in [0.1, 0.15) is 18.9 Å². The molecular formula is C13H21Cl2N2O2+. The number of carbonyl (C=O) groups is 1. The summed E-state index contributed by atoms with van der Waals surface area (Å²) in [5.41, 5.74) is 4.56. The van der Waals surface area contributed by atoms with Gasteiger partial charge >= 0.3 is 0 Å². The van der Waals surface area contributed by atoms with E-state index < -0.39 is 0 Å². The van der Waals surface area contributed by atoms with Crippen LogP contribution >= 0.6 is 23.2 Å². The van der Waals surface area contributed by atoms with Crippen LogP contribution < -0.4 is 15.8 Å². The molecule has 0 spiro atoms. The summed E-state index contributed by atoms with van der Waals surface area (Å²) in [5, 5.41) is 3.41. The Labute approximate surface area is 124 Å². The van der Waals surface area contributed by atoms with E-state index in [4.69, 9.17) is 16.3 Å². The number of quaternary nitrogens is 1. The standard InChI is InChI=1S/C12H17ClN2O2.CH3Cl/c1-2-12(16)15-8-9-7-10(17-6-5-14)3-4-11(9)13;1-2/h3-4,7H,2,5-6,8,14H2,1H3,(H,15,16);1H3/p+1. The molecule has 1 amide bonds. The summed E-state index contributed by atoms with van der Waals surface area (Å²) in [7, 11) is 0. The van der Waals surface area contributed by atoms with Gasteiger partial charge in [-0.2, -0.15) is 0 Å². The number of benzene rings is 1. The van der Waals surface area contributed by atoms with E-state index in [-0.39, 0.29) is 5.91 Å². The largest absolute Gasteiger partial charge is 0.488 e. The molecule has 0 fully saturated rings. The minimum absolute atomic E-state index is 0.00477. The summed E-state index contributed by atoms with van der Waals surface area (Å²) in [6.07, 6.45) is 1.94. The number of nitrogens with one attached hydrogen (secondary N) is 1. The fraction of sp³-hybridized carbons (Fsp3) is 0.462. The third-order valence-electron chi connectivity index (χ3n) is 2.23. The highest BCUT2D eigenvalue weighted by Crippen LogP contribution is 2.22. The highest BCUT2D eigenvalue weighted by molar-refractivity contribution is 6.31. The van der Waals surface area contributed by atoms with E-state index in [1.807, 2.05) is 19.1 Å². The molecule has 6 heteroatoms. The second-order valence-corrected chi connectivity index (χ2v) is 3.99. The van der Waals surface area contributed by atoms with Crippen molar-refractivity contribution < 1.29 is 15.3 Å². The lowest BCUT2D eigenvalue weighted by atomic mass is 10.2. The first-order chi connectivity index (χ1) is 9.17. The van der Waals surface area contributed by atoms with E-state index in [1.54, 1.807) is 6.07 Å². The number of hydrogen-bond donors (Lipinski definition) is 2. The first-order valence-corrected chi connectivity index (χ1v) is 7.15. The van der Waals surface area contributed by atoms with Gasteiger partial charge < -0.3 is 15.8 Å². The molecular weight excluding hydrogens is 287 g/mol. The van der Waals surface area contributed by atoms with Gasteiger partial charge in [-0.25, -0.2) is 0 Å². The molecule has 0 bridgehead atoms. The zero-order valence-corrected chi connectivity index (χ0v) is 12.9. The molecule has 0 aliphatic rings. The average Bonchev–Trinajstić information content (AvgIpc) is 2.46. The Bertz CT molecular complexity index is 387. The minimum atomic E-state index is 0.00477. The Balaban J connectivity index is 0.00000154. The maximum Gasteiger partial charge on any atom is 0.219 e. The Hall–Kier alpha value is -0.970. The van der Waals surface area contributed by atoms with Crippen molar-refractivity contribution in [2.75, 3.05) is 19.5 Å². The van der Waals surface area contributed by atoms with Gasteiger partial charge in [0.05, 0.1) is 0 Å². The van der Waals surface area contributed by atoms with Crippen molar-refractivity contribution in [1.82, 2.24) is 5.32 Å². The Morgan fingerprint density at radius 3 is 2.68 bits per heavy atom. The van der Waals surface area contributed by atoms with Crippen LogP contribution in [0.25, 0.3) is 0 Å². The molecule has 1 aromatic carbocycles. The summed E-state index contributed by atoms with van der Waals surface area (Å²) in [6, 6.07) is 5.42. The smallest absolute Gasteiger partial charge is 0.219 e. The predicted octanol–water partition coefficient (Wildman–Crippen LogP) is 1.84. The monoisotopic (exact) mass is 307 g/mol. The van der Waals surface area contributed by atoms with Crippen molar-refractivity contribution >= 4 is 29.1 Å². The van der Waals surface area contributed by atoms with Crippen molar-refractivity contribution in [1.29, 1.82) is 0 Å². The first-order valence-electron chi connectivity index (χ1n) is 6.02. The van der Waals surface area contributed by atoms with Crippen molar-refractivity contribution in [3.63, 3.8) is 0 Å². The summed E-state index contributed by atoms with van der Waals surface area (Å²) < 4.78 is 5.45. The van der Waals surface area contributed by atoms with Gasteiger partial charge in [0.25, 0.3) is 0 Å². The summed E-state index contributed by atoms with van der Waals surface area (Å²) in [6.45, 7) is 3.52. The topological polar surface area (TPSA) is 66.0 Å². The number of alkyl halides is 1. The average molecular weight is 308 g/mol. The second-order valence-electron chi connectivity index (χ2n) is 3.59. The first kappa shape index (κ1) is 18.0. The summed E-state index contributed by atoms with van der Waals surface area (Å²) in [5.74, 6) is 0.754. The van der Waals surface area contributed by atoms with Crippen LogP contribution in [0.4, 0.5) is 0 Å². The zero-order valence-electron chi connectivity index (χ0n) is 11.3. The molecule has 0 aromatic heterocycles. The van der Waals surface area contributed by atoms with Crippen molar-refractivity contribution in [2.45, 2.75) is 19.9 Å². The summed E-state index contributed by atoms with van der Waals surface area (Å²) >= 11 is 10.7. The number of carbonyl (C=O) groups excluding carboxylic acids is 1. The zero-order chi connectivity index (χ0) is 14.7. The van der Waals surface area contributed by atoms with Crippen LogP contribution in [-0.4, -0.2) is 25.4 Å². The molecule has 4 N–H and O–H groups in total. The van der Waals surface area contributed by atoms with Crippen molar-refractivity contribution in [2.24, 2.45) is 0 Å². The van der Waals surface area contributed by atoms with Crippen LogP contribution in [0.3, 0.4) is 0 Å². The molecule has 0 aliphatic heterocycles. The van der Waals surface area contributed by atoms with E-state index >= 15 is 0 Å². The van der Waals surface area contributed by atoms with Crippen LogP contribution in [0.15, 0.2) is 18.2 Å². The van der Waals surface area contributed by atoms with Gasteiger partial charge in [0.2, 0.25) is 5.91 Å². The van der Waals surface area contributed by atoms with E-state index in [2.05, 4.69) is 22.7 Å². The highest BCUT2D eigenvalue weighted by atomic mass is 35.5. The fourth-order valence-electron chi connectivity index (χ4n) is 1.29. The molecule has 0 aliphatic carbocycles. The number of amides is 1. The van der Waals surface area contributed by atoms with Crippen LogP contribution in [0.5, 0.6) is 5.75 Å². The molecule has 4 nitrogen and oxygen atoms in total. The Kier molecular flexibility index (Phi) is 10.4. The maximum absolute atomic E-state index is 11.2. The summed E-state index contributed by atoms with van der Waals surface area (Å²) in [4.78, 5) is 11.2. The SMILES string of the molecule is CCC(=O)NCc1cc(OCC[NH3+])ccc1Cl.CCl. The van der Waals surface area contributed by atoms with Gasteiger partial charge in [-0.3, -0.25) is 4.79 Å². The van der Waals surface area contributed by atoms with Crippen LogP contribution in [0.2, 0.25) is 5.02 Å². The van der Waals surface area contributed by atoms with Gasteiger partial charge in [0.1, 0.15) is 18.9 Å². The van der Waals surface area contributed by atoms with E-state index in [9.17, 15) is 4.79 Å². The van der Waals surface area contributed by atoms with Gasteiger partial charge in [0.15, 0.2) is 0 Å². The molecule has 1 rings (SSSR count). The van der Waals surface area contributed by atoms with Crippen LogP contribution in [0, 0.1) is 0 Å². The molecule has 0 radical (unpaired) electrons. The molecule has 108 valence electrons. The third-order valence-corrected chi connectivity index (χ3v) is 2.60. The Morgan fingerprint density at radius 1 is 1.42 bits per heavy atom. The molecule has 0 unspecified atom stereocenters. The molecule has 0 saturated heterocycles. The third kappa shape index (κ3) is 7.25. The number of ether oxygens (including phenoxy) is 1. The lowest BCUT2D eigenvalue weighted by molar-refractivity contribution is -0.370. The van der Waals surface area contributed by atoms with E-state index in [1.165, 1.54) is 6.38 Å². The molecule has 19 heavy (non-hydrogen) atoms. The van der Waals surface area contributed by atoms with Gasteiger partial charge in [-0.15, -0.1) is 11.6 Å². The molecule has 0 atom stereocenters. The van der Waals surface area contributed by atoms with E-state index in [0.717, 1.165) is 11.3 Å². The van der Waals surface area contributed by atoms with Crippen molar-refractivity contribution in [3.05, 3.63) is 28.8 Å². The van der Waals surface area contributed by atoms with E-state index in [0.29, 0.717) is 31.1 Å². The van der Waals surface area contributed by atoms with Gasteiger partial charge in [-0.1, -0.05) is 18.5 Å². The molecule has 0 heterocycles. The number of hydrogen-bond acceptors (Lipinski definition) is 2. The van der Waals surface area contributed by atoms with Gasteiger partial charge in [-0.05, 0) is 23.8 Å². The predicted molar refractivity (Wildman–Crippen MR) is 78.6 cm³/mol. The maximum atomic E-state index is 11.2. The lowest BCUT2D eigenvalue weighted by Crippen LogP contribution is -2.52. The number of halogens is 2. The number of rotatable bonds is 6. The fourth-order valence-corrected chi connectivity index (χ4v) is 1.47. The highest BCUT2D eigenvalue weighted by Gasteiger charge is 2.04. The van der Waals surface area contributed by atoms with Crippen LogP contribution in [-0.2, 0) is 11.3 Å². The van der Waals surface area contributed by atoms with Crippen molar-refractivity contribution in [3.8, 4) is 5.75 Å². The molecule has 1 aromatic rings.